The van der Waals surface area contributed by atoms with Crippen molar-refractivity contribution in [1.29, 1.82) is 0 Å². The van der Waals surface area contributed by atoms with E-state index in [1.54, 1.807) is 0 Å². The fourth-order valence-corrected chi connectivity index (χ4v) is 0.937. The van der Waals surface area contributed by atoms with Gasteiger partial charge in [-0.3, -0.25) is 0 Å². The SMILES string of the molecule is C=CC(=O)OC[C](CC)CCC. The maximum atomic E-state index is 10.7. The van der Waals surface area contributed by atoms with E-state index in [1.165, 1.54) is 12.0 Å². The quantitative estimate of drug-likeness (QED) is 0.451. The van der Waals surface area contributed by atoms with Gasteiger partial charge in [0.25, 0.3) is 0 Å². The van der Waals surface area contributed by atoms with Crippen LogP contribution in [0.15, 0.2) is 12.7 Å². The predicted octanol–water partition coefficient (Wildman–Crippen LogP) is 2.50. The number of ether oxygens (including phenoxy) is 1. The van der Waals surface area contributed by atoms with E-state index in [4.69, 9.17) is 4.74 Å². The van der Waals surface area contributed by atoms with Crippen LogP contribution in [0.3, 0.4) is 0 Å². The topological polar surface area (TPSA) is 26.3 Å². The third kappa shape index (κ3) is 4.94. The molecule has 0 saturated heterocycles. The molecule has 0 saturated carbocycles. The molecule has 0 fully saturated rings. The van der Waals surface area contributed by atoms with Crippen molar-refractivity contribution in [2.24, 2.45) is 0 Å². The zero-order chi connectivity index (χ0) is 9.40. The zero-order valence-corrected chi connectivity index (χ0v) is 7.93. The van der Waals surface area contributed by atoms with E-state index < -0.39 is 0 Å². The van der Waals surface area contributed by atoms with Crippen LogP contribution in [0.4, 0.5) is 0 Å². The molecule has 0 heterocycles. The van der Waals surface area contributed by atoms with Gasteiger partial charge >= 0.3 is 5.97 Å². The Morgan fingerprint density at radius 1 is 1.50 bits per heavy atom. The Kier molecular flexibility index (Phi) is 6.44. The first-order chi connectivity index (χ1) is 5.74. The minimum absolute atomic E-state index is 0.336. The lowest BCUT2D eigenvalue weighted by molar-refractivity contribution is -0.137. The van der Waals surface area contributed by atoms with E-state index in [0.717, 1.165) is 19.3 Å². The van der Waals surface area contributed by atoms with Crippen molar-refractivity contribution >= 4 is 5.97 Å². The van der Waals surface area contributed by atoms with Gasteiger partial charge in [0, 0.05) is 12.0 Å². The minimum Gasteiger partial charge on any atom is -0.462 e. The Labute approximate surface area is 74.6 Å². The molecule has 0 aromatic carbocycles. The molecule has 0 unspecified atom stereocenters. The van der Waals surface area contributed by atoms with Gasteiger partial charge in [0.15, 0.2) is 0 Å². The molecule has 2 nitrogen and oxygen atoms in total. The largest absolute Gasteiger partial charge is 0.462 e. The lowest BCUT2D eigenvalue weighted by Crippen LogP contribution is -2.09. The van der Waals surface area contributed by atoms with Gasteiger partial charge in [-0.1, -0.05) is 26.8 Å². The summed E-state index contributed by atoms with van der Waals surface area (Å²) >= 11 is 0. The standard InChI is InChI=1S/C10H17O2/c1-4-7-9(5-2)8-12-10(11)6-3/h6H,3-5,7-8H2,1-2H3. The molecule has 0 amide bonds. The van der Waals surface area contributed by atoms with Gasteiger partial charge in [0.1, 0.15) is 0 Å². The van der Waals surface area contributed by atoms with Gasteiger partial charge in [-0.2, -0.15) is 0 Å². The molecule has 0 atom stereocenters. The molecule has 0 N–H and O–H groups in total. The van der Waals surface area contributed by atoms with Crippen molar-refractivity contribution in [3.05, 3.63) is 18.6 Å². The first-order valence-corrected chi connectivity index (χ1v) is 4.37. The highest BCUT2D eigenvalue weighted by Crippen LogP contribution is 2.13. The van der Waals surface area contributed by atoms with Gasteiger partial charge < -0.3 is 4.74 Å². The summed E-state index contributed by atoms with van der Waals surface area (Å²) in [5, 5.41) is 0. The predicted molar refractivity (Wildman–Crippen MR) is 49.6 cm³/mol. The molecule has 1 radical (unpaired) electrons. The second kappa shape index (κ2) is 6.89. The molecular formula is C10H17O2. The Hall–Kier alpha value is -0.790. The molecule has 0 rings (SSSR count). The van der Waals surface area contributed by atoms with Gasteiger partial charge in [-0.05, 0) is 12.8 Å². The highest BCUT2D eigenvalue weighted by atomic mass is 16.5. The summed E-state index contributed by atoms with van der Waals surface area (Å²) < 4.78 is 4.90. The minimum atomic E-state index is -0.336. The number of hydrogen-bond acceptors (Lipinski definition) is 2. The molecule has 0 bridgehead atoms. The van der Waals surface area contributed by atoms with Crippen LogP contribution in [0.1, 0.15) is 33.1 Å². The van der Waals surface area contributed by atoms with Crippen molar-refractivity contribution in [3.8, 4) is 0 Å². The van der Waals surface area contributed by atoms with E-state index in [2.05, 4.69) is 20.4 Å². The average Bonchev–Trinajstić information content (AvgIpc) is 2.11. The second-order valence-corrected chi connectivity index (χ2v) is 2.67. The van der Waals surface area contributed by atoms with Gasteiger partial charge in [-0.25, -0.2) is 4.79 Å². The lowest BCUT2D eigenvalue weighted by Gasteiger charge is -2.11. The van der Waals surface area contributed by atoms with Crippen LogP contribution in [-0.2, 0) is 9.53 Å². The van der Waals surface area contributed by atoms with Crippen LogP contribution in [0, 0.1) is 5.92 Å². The number of carbonyl (C=O) groups excluding carboxylic acids is 1. The summed E-state index contributed by atoms with van der Waals surface area (Å²) in [5.74, 6) is 0.949. The Morgan fingerprint density at radius 3 is 2.58 bits per heavy atom. The molecule has 0 aliphatic rings. The highest BCUT2D eigenvalue weighted by molar-refractivity contribution is 5.81. The monoisotopic (exact) mass is 169 g/mol. The maximum Gasteiger partial charge on any atom is 0.330 e. The summed E-state index contributed by atoms with van der Waals surface area (Å²) in [6.45, 7) is 7.97. The molecule has 0 aromatic rings. The van der Waals surface area contributed by atoms with Crippen molar-refractivity contribution < 1.29 is 9.53 Å². The summed E-state index contributed by atoms with van der Waals surface area (Å²) in [7, 11) is 0. The van der Waals surface area contributed by atoms with Crippen LogP contribution in [0.2, 0.25) is 0 Å². The first-order valence-electron chi connectivity index (χ1n) is 4.37. The Balaban J connectivity index is 3.56. The molecule has 0 aromatic heterocycles. The van der Waals surface area contributed by atoms with Gasteiger partial charge in [-0.15, -0.1) is 0 Å². The smallest absolute Gasteiger partial charge is 0.330 e. The summed E-state index contributed by atoms with van der Waals surface area (Å²) in [6, 6.07) is 0. The maximum absolute atomic E-state index is 10.7. The van der Waals surface area contributed by atoms with E-state index in [1.807, 2.05) is 0 Å². The molecule has 12 heavy (non-hydrogen) atoms. The van der Waals surface area contributed by atoms with Crippen LogP contribution in [-0.4, -0.2) is 12.6 Å². The van der Waals surface area contributed by atoms with Gasteiger partial charge in [0.2, 0.25) is 0 Å². The summed E-state index contributed by atoms with van der Waals surface area (Å²) in [6.07, 6.45) is 4.33. The molecule has 69 valence electrons. The zero-order valence-electron chi connectivity index (χ0n) is 7.93. The summed E-state index contributed by atoms with van der Waals surface area (Å²) in [5.41, 5.74) is 0. The van der Waals surface area contributed by atoms with Crippen molar-refractivity contribution in [2.45, 2.75) is 33.1 Å². The number of hydrogen-bond donors (Lipinski definition) is 0. The van der Waals surface area contributed by atoms with E-state index in [0.29, 0.717) is 6.61 Å². The molecule has 0 spiro atoms. The Bertz CT molecular complexity index is 141. The third-order valence-electron chi connectivity index (χ3n) is 1.69. The fraction of sp³-hybridized carbons (Fsp3) is 0.600. The highest BCUT2D eigenvalue weighted by Gasteiger charge is 2.07. The average molecular weight is 169 g/mol. The lowest BCUT2D eigenvalue weighted by atomic mass is 10.0. The van der Waals surface area contributed by atoms with Crippen LogP contribution in [0.25, 0.3) is 0 Å². The molecular weight excluding hydrogens is 152 g/mol. The van der Waals surface area contributed by atoms with Crippen molar-refractivity contribution in [2.75, 3.05) is 6.61 Å². The molecule has 0 aliphatic heterocycles. The van der Waals surface area contributed by atoms with Crippen LogP contribution in [0.5, 0.6) is 0 Å². The number of esters is 1. The third-order valence-corrected chi connectivity index (χ3v) is 1.69. The fourth-order valence-electron chi connectivity index (χ4n) is 0.937. The first kappa shape index (κ1) is 11.2. The Morgan fingerprint density at radius 2 is 2.17 bits per heavy atom. The van der Waals surface area contributed by atoms with Crippen molar-refractivity contribution in [1.82, 2.24) is 0 Å². The summed E-state index contributed by atoms with van der Waals surface area (Å²) in [4.78, 5) is 10.7. The van der Waals surface area contributed by atoms with E-state index in [9.17, 15) is 4.79 Å². The van der Waals surface area contributed by atoms with Gasteiger partial charge in [0.05, 0.1) is 6.61 Å². The van der Waals surface area contributed by atoms with Crippen LogP contribution >= 0.6 is 0 Å². The second-order valence-electron chi connectivity index (χ2n) is 2.67. The number of carbonyl (C=O) groups is 1. The van der Waals surface area contributed by atoms with E-state index in [-0.39, 0.29) is 5.97 Å². The normalized spacial score (nSPS) is 9.92. The number of rotatable bonds is 6. The van der Waals surface area contributed by atoms with Crippen LogP contribution < -0.4 is 0 Å². The molecule has 0 aliphatic carbocycles. The van der Waals surface area contributed by atoms with E-state index >= 15 is 0 Å². The van der Waals surface area contributed by atoms with Crippen molar-refractivity contribution in [3.63, 3.8) is 0 Å². The molecule has 2 heteroatoms.